The zero-order valence-electron chi connectivity index (χ0n) is 15.3. The predicted octanol–water partition coefficient (Wildman–Crippen LogP) is 6.30. The van der Waals surface area contributed by atoms with E-state index in [-0.39, 0.29) is 11.1 Å². The van der Waals surface area contributed by atoms with Gasteiger partial charge < -0.3 is 10.1 Å². The van der Waals surface area contributed by atoms with Gasteiger partial charge in [0.05, 0.1) is 0 Å². The highest BCUT2D eigenvalue weighted by atomic mass is 35.5. The highest BCUT2D eigenvalue weighted by molar-refractivity contribution is 6.22. The Bertz CT molecular complexity index is 983. The quantitative estimate of drug-likeness (QED) is 0.411. The van der Waals surface area contributed by atoms with Crippen LogP contribution >= 0.6 is 11.6 Å². The van der Waals surface area contributed by atoms with E-state index < -0.39 is 0 Å². The zero-order chi connectivity index (χ0) is 18.7. The van der Waals surface area contributed by atoms with Crippen LogP contribution in [0, 0.1) is 0 Å². The van der Waals surface area contributed by atoms with Gasteiger partial charge >= 0.3 is 0 Å². The summed E-state index contributed by atoms with van der Waals surface area (Å²) in [5, 5.41) is 10.7. The molecule has 1 aromatic carbocycles. The Morgan fingerprint density at radius 1 is 1.31 bits per heavy atom. The Balaban J connectivity index is 2.17. The molecule has 2 heterocycles. The van der Waals surface area contributed by atoms with Crippen LogP contribution in [-0.2, 0) is 0 Å². The lowest BCUT2D eigenvalue weighted by molar-refractivity contribution is 0.475. The summed E-state index contributed by atoms with van der Waals surface area (Å²) in [6.07, 6.45) is 9.06. The summed E-state index contributed by atoms with van der Waals surface area (Å²) in [4.78, 5) is 7.82. The minimum absolute atomic E-state index is 0.0719. The van der Waals surface area contributed by atoms with Crippen molar-refractivity contribution in [2.75, 3.05) is 0 Å². The lowest BCUT2D eigenvalue weighted by Gasteiger charge is -2.10. The molecule has 0 spiro atoms. The predicted molar refractivity (Wildman–Crippen MR) is 111 cm³/mol. The number of fused-ring (bicyclic) bond motifs is 1. The number of rotatable bonds is 5. The normalized spacial score (nSPS) is 14.0. The molecule has 0 saturated heterocycles. The first-order valence-corrected chi connectivity index (χ1v) is 9.23. The first-order chi connectivity index (χ1) is 12.5. The standard InChI is InChI=1S/C22H23ClN2O/c1-4-6-14(2)19(9-15(3)23)21-13-25-22-20(21)11-17(12-24-22)16-7-5-8-18(26)10-16/h5-13,15,26H,4H2,1-3H3,(H,24,25)/b14-6-,19-9+. The lowest BCUT2D eigenvalue weighted by Crippen LogP contribution is -1.92. The van der Waals surface area contributed by atoms with Crippen LogP contribution in [0.3, 0.4) is 0 Å². The van der Waals surface area contributed by atoms with Crippen LogP contribution < -0.4 is 0 Å². The summed E-state index contributed by atoms with van der Waals surface area (Å²) in [5.41, 5.74) is 6.14. The van der Waals surface area contributed by atoms with Crippen molar-refractivity contribution in [2.24, 2.45) is 0 Å². The number of hydrogen-bond acceptors (Lipinski definition) is 2. The number of halogens is 1. The average molecular weight is 367 g/mol. The van der Waals surface area contributed by atoms with E-state index in [4.69, 9.17) is 11.6 Å². The van der Waals surface area contributed by atoms with Crippen LogP contribution in [0.2, 0.25) is 0 Å². The summed E-state index contributed by atoms with van der Waals surface area (Å²) in [6, 6.07) is 9.32. The summed E-state index contributed by atoms with van der Waals surface area (Å²) in [6.45, 7) is 6.20. The highest BCUT2D eigenvalue weighted by Crippen LogP contribution is 2.33. The molecule has 4 heteroatoms. The number of nitrogens with zero attached hydrogens (tertiary/aromatic N) is 1. The van der Waals surface area contributed by atoms with Crippen molar-refractivity contribution in [3.8, 4) is 16.9 Å². The Morgan fingerprint density at radius 3 is 2.81 bits per heavy atom. The molecule has 2 aromatic heterocycles. The van der Waals surface area contributed by atoms with E-state index in [2.05, 4.69) is 42.0 Å². The summed E-state index contributed by atoms with van der Waals surface area (Å²) in [7, 11) is 0. The smallest absolute Gasteiger partial charge is 0.137 e. The molecule has 0 aliphatic rings. The van der Waals surface area contributed by atoms with E-state index in [1.54, 1.807) is 12.1 Å². The van der Waals surface area contributed by atoms with E-state index in [0.29, 0.717) is 0 Å². The van der Waals surface area contributed by atoms with E-state index in [1.807, 2.05) is 31.5 Å². The van der Waals surface area contributed by atoms with Gasteiger partial charge in [0.15, 0.2) is 0 Å². The van der Waals surface area contributed by atoms with E-state index in [9.17, 15) is 5.11 Å². The van der Waals surface area contributed by atoms with Crippen LogP contribution in [0.15, 0.2) is 60.5 Å². The largest absolute Gasteiger partial charge is 0.508 e. The molecule has 26 heavy (non-hydrogen) atoms. The number of phenolic OH excluding ortho intramolecular Hbond substituents is 1. The number of phenols is 1. The number of benzene rings is 1. The van der Waals surface area contributed by atoms with Crippen molar-refractivity contribution in [3.63, 3.8) is 0 Å². The molecule has 134 valence electrons. The second kappa shape index (κ2) is 7.79. The van der Waals surface area contributed by atoms with Gasteiger partial charge in [-0.1, -0.05) is 31.2 Å². The van der Waals surface area contributed by atoms with E-state index >= 15 is 0 Å². The summed E-state index contributed by atoms with van der Waals surface area (Å²) in [5.74, 6) is 0.246. The number of aromatic amines is 1. The van der Waals surface area contributed by atoms with Gasteiger partial charge in [-0.15, -0.1) is 11.6 Å². The molecule has 2 N–H and O–H groups in total. The molecule has 3 aromatic rings. The SMILES string of the molecule is CC/C=C(C)\C(=C/C(C)Cl)c1c[nH]c2ncc(-c3cccc(O)c3)cc12. The minimum atomic E-state index is -0.0719. The number of nitrogens with one attached hydrogen (secondary N) is 1. The molecule has 1 unspecified atom stereocenters. The van der Waals surface area contributed by atoms with Crippen molar-refractivity contribution >= 4 is 28.2 Å². The van der Waals surface area contributed by atoms with E-state index in [0.717, 1.165) is 39.7 Å². The third-order valence-corrected chi connectivity index (χ3v) is 4.46. The van der Waals surface area contributed by atoms with E-state index in [1.165, 1.54) is 5.57 Å². The number of H-pyrrole nitrogens is 1. The maximum absolute atomic E-state index is 9.76. The third-order valence-electron chi connectivity index (χ3n) is 4.33. The molecular formula is C22H23ClN2O. The average Bonchev–Trinajstić information content (AvgIpc) is 3.02. The van der Waals surface area contributed by atoms with Gasteiger partial charge in [-0.25, -0.2) is 4.98 Å². The number of pyridine rings is 1. The number of hydrogen-bond donors (Lipinski definition) is 2. The van der Waals surface area contributed by atoms with Crippen molar-refractivity contribution in [2.45, 2.75) is 32.6 Å². The van der Waals surface area contributed by atoms with Crippen LogP contribution in [0.4, 0.5) is 0 Å². The third kappa shape index (κ3) is 3.83. The van der Waals surface area contributed by atoms with Crippen LogP contribution in [0.5, 0.6) is 5.75 Å². The van der Waals surface area contributed by atoms with Gasteiger partial charge in [-0.3, -0.25) is 0 Å². The second-order valence-electron chi connectivity index (χ2n) is 6.43. The molecule has 0 radical (unpaired) electrons. The van der Waals surface area contributed by atoms with Gasteiger partial charge in [0.1, 0.15) is 11.4 Å². The lowest BCUT2D eigenvalue weighted by atomic mass is 9.96. The van der Waals surface area contributed by atoms with Gasteiger partial charge in [-0.2, -0.15) is 0 Å². The molecule has 0 aliphatic heterocycles. The fraction of sp³-hybridized carbons (Fsp3) is 0.227. The molecule has 0 bridgehead atoms. The van der Waals surface area contributed by atoms with Gasteiger partial charge in [-0.05, 0) is 55.2 Å². The number of aromatic hydroxyl groups is 1. The first kappa shape index (κ1) is 18.3. The zero-order valence-corrected chi connectivity index (χ0v) is 16.0. The fourth-order valence-electron chi connectivity index (χ4n) is 3.15. The Kier molecular flexibility index (Phi) is 5.48. The summed E-state index contributed by atoms with van der Waals surface area (Å²) >= 11 is 6.27. The van der Waals surface area contributed by atoms with Crippen molar-refractivity contribution < 1.29 is 5.11 Å². The molecule has 0 amide bonds. The highest BCUT2D eigenvalue weighted by Gasteiger charge is 2.13. The Morgan fingerprint density at radius 2 is 2.12 bits per heavy atom. The number of alkyl halides is 1. The maximum Gasteiger partial charge on any atom is 0.137 e. The fourth-order valence-corrected chi connectivity index (χ4v) is 3.27. The number of aromatic nitrogens is 2. The molecule has 0 aliphatic carbocycles. The van der Waals surface area contributed by atoms with Crippen molar-refractivity contribution in [3.05, 3.63) is 66.0 Å². The van der Waals surface area contributed by atoms with Crippen molar-refractivity contribution in [1.29, 1.82) is 0 Å². The Labute approximate surface area is 159 Å². The summed E-state index contributed by atoms with van der Waals surface area (Å²) < 4.78 is 0. The molecular weight excluding hydrogens is 344 g/mol. The second-order valence-corrected chi connectivity index (χ2v) is 7.11. The molecule has 1 atom stereocenters. The Hall–Kier alpha value is -2.52. The maximum atomic E-state index is 9.76. The van der Waals surface area contributed by atoms with Crippen LogP contribution in [0.1, 0.15) is 32.8 Å². The topological polar surface area (TPSA) is 48.9 Å². The van der Waals surface area contributed by atoms with Crippen LogP contribution in [0.25, 0.3) is 27.7 Å². The van der Waals surface area contributed by atoms with Gasteiger partial charge in [0.2, 0.25) is 0 Å². The minimum Gasteiger partial charge on any atom is -0.508 e. The van der Waals surface area contributed by atoms with Crippen LogP contribution in [-0.4, -0.2) is 20.5 Å². The van der Waals surface area contributed by atoms with Gasteiger partial charge in [0.25, 0.3) is 0 Å². The molecule has 0 fully saturated rings. The number of allylic oxidation sites excluding steroid dienone is 4. The first-order valence-electron chi connectivity index (χ1n) is 8.79. The van der Waals surface area contributed by atoms with Gasteiger partial charge in [0, 0.05) is 34.3 Å². The monoisotopic (exact) mass is 366 g/mol. The van der Waals surface area contributed by atoms with Crippen molar-refractivity contribution in [1.82, 2.24) is 9.97 Å². The molecule has 0 saturated carbocycles. The molecule has 3 rings (SSSR count). The molecule has 3 nitrogen and oxygen atoms in total.